The highest BCUT2D eigenvalue weighted by Crippen LogP contribution is 2.25. The van der Waals surface area contributed by atoms with E-state index in [2.05, 4.69) is 0 Å². The van der Waals surface area contributed by atoms with Crippen molar-refractivity contribution in [1.29, 1.82) is 0 Å². The summed E-state index contributed by atoms with van der Waals surface area (Å²) in [7, 11) is 0. The number of hydrogen-bond donors (Lipinski definition) is 4. The molecule has 9 heteroatoms. The number of aliphatic hydroxyl groups is 1. The molecule has 4 atom stereocenters. The summed E-state index contributed by atoms with van der Waals surface area (Å²) >= 11 is 0. The number of aliphatic hydroxyl groups excluding tert-OH is 1. The molecule has 1 aliphatic heterocycles. The summed E-state index contributed by atoms with van der Waals surface area (Å²) < 4.78 is 0. The van der Waals surface area contributed by atoms with Crippen molar-refractivity contribution in [2.75, 3.05) is 6.54 Å². The minimum atomic E-state index is -2.28. The third-order valence-electron chi connectivity index (χ3n) is 3.17. The van der Waals surface area contributed by atoms with Crippen LogP contribution < -0.4 is 0 Å². The zero-order valence-electron chi connectivity index (χ0n) is 10.8. The van der Waals surface area contributed by atoms with Crippen molar-refractivity contribution in [3.05, 3.63) is 0 Å². The van der Waals surface area contributed by atoms with Crippen molar-refractivity contribution in [2.45, 2.75) is 38.0 Å². The predicted octanol–water partition coefficient (Wildman–Crippen LogP) is -0.998. The molecule has 1 rings (SSSR count). The first-order chi connectivity index (χ1) is 9.25. The van der Waals surface area contributed by atoms with E-state index in [0.29, 0.717) is 12.8 Å². The molecule has 0 aromatic carbocycles. The molecule has 1 aliphatic rings. The van der Waals surface area contributed by atoms with Gasteiger partial charge in [0.2, 0.25) is 6.10 Å². The van der Waals surface area contributed by atoms with Gasteiger partial charge >= 0.3 is 17.9 Å². The average molecular weight is 291 g/mol. The second-order valence-electron chi connectivity index (χ2n) is 4.69. The monoisotopic (exact) mass is 291 g/mol. The van der Waals surface area contributed by atoms with E-state index in [1.165, 1.54) is 0 Å². The van der Waals surface area contributed by atoms with Gasteiger partial charge in [-0.05, 0) is 18.8 Å². The van der Waals surface area contributed by atoms with Crippen LogP contribution >= 0.6 is 0 Å². The van der Waals surface area contributed by atoms with Gasteiger partial charge in [0, 0.05) is 6.54 Å². The molecule has 20 heavy (non-hydrogen) atoms. The van der Waals surface area contributed by atoms with E-state index < -0.39 is 36.2 Å². The summed E-state index contributed by atoms with van der Waals surface area (Å²) in [5.74, 6) is -4.90. The Labute approximate surface area is 114 Å². The Hall–Kier alpha value is -1.71. The van der Waals surface area contributed by atoms with Crippen LogP contribution in [-0.2, 0) is 19.2 Å². The Bertz CT molecular complexity index is 398. The molecule has 1 fully saturated rings. The van der Waals surface area contributed by atoms with Gasteiger partial charge < -0.3 is 20.4 Å². The zero-order valence-corrected chi connectivity index (χ0v) is 10.8. The molecule has 4 N–H and O–H groups in total. The SMILES string of the molecule is CC1CCCN(OC(C(=O)O)C(O)C(=O)O)C1C(=O)O. The fourth-order valence-electron chi connectivity index (χ4n) is 2.15. The Balaban J connectivity index is 2.88. The van der Waals surface area contributed by atoms with Crippen LogP contribution in [0.2, 0.25) is 0 Å². The first kappa shape index (κ1) is 16.3. The largest absolute Gasteiger partial charge is 0.480 e. The van der Waals surface area contributed by atoms with Crippen LogP contribution in [0.5, 0.6) is 0 Å². The summed E-state index contributed by atoms with van der Waals surface area (Å²) in [6, 6.07) is -1.08. The van der Waals surface area contributed by atoms with Gasteiger partial charge in [-0.15, -0.1) is 0 Å². The third kappa shape index (κ3) is 3.65. The molecule has 0 radical (unpaired) electrons. The van der Waals surface area contributed by atoms with Crippen LogP contribution in [-0.4, -0.2) is 68.2 Å². The fourth-order valence-corrected chi connectivity index (χ4v) is 2.15. The molecular formula is C11H17NO8. The molecule has 0 aromatic heterocycles. The lowest BCUT2D eigenvalue weighted by molar-refractivity contribution is -0.259. The highest BCUT2D eigenvalue weighted by molar-refractivity contribution is 5.83. The van der Waals surface area contributed by atoms with Crippen LogP contribution in [0.4, 0.5) is 0 Å². The molecule has 0 aromatic rings. The molecule has 0 bridgehead atoms. The molecular weight excluding hydrogens is 274 g/mol. The van der Waals surface area contributed by atoms with Crippen molar-refractivity contribution in [3.63, 3.8) is 0 Å². The van der Waals surface area contributed by atoms with Gasteiger partial charge in [0.1, 0.15) is 6.04 Å². The van der Waals surface area contributed by atoms with Crippen LogP contribution in [0.15, 0.2) is 0 Å². The minimum absolute atomic E-state index is 0.150. The van der Waals surface area contributed by atoms with Crippen LogP contribution in [0, 0.1) is 5.92 Å². The van der Waals surface area contributed by atoms with Gasteiger partial charge in [-0.2, -0.15) is 5.06 Å². The van der Waals surface area contributed by atoms with Crippen molar-refractivity contribution in [1.82, 2.24) is 5.06 Å². The molecule has 0 spiro atoms. The zero-order chi connectivity index (χ0) is 15.4. The molecule has 4 unspecified atom stereocenters. The quantitative estimate of drug-likeness (QED) is 0.484. The number of hydroxylamine groups is 2. The normalized spacial score (nSPS) is 26.7. The van der Waals surface area contributed by atoms with E-state index in [9.17, 15) is 19.5 Å². The van der Waals surface area contributed by atoms with E-state index in [-0.39, 0.29) is 12.5 Å². The van der Waals surface area contributed by atoms with Crippen molar-refractivity contribution < 1.29 is 39.6 Å². The lowest BCUT2D eigenvalue weighted by Crippen LogP contribution is -2.54. The second kappa shape index (κ2) is 6.64. The van der Waals surface area contributed by atoms with Gasteiger partial charge in [0.05, 0.1) is 0 Å². The third-order valence-corrected chi connectivity index (χ3v) is 3.17. The summed E-state index contributed by atoms with van der Waals surface area (Å²) in [5.41, 5.74) is 0. The van der Waals surface area contributed by atoms with E-state index >= 15 is 0 Å². The first-order valence-corrected chi connectivity index (χ1v) is 6.05. The number of carbonyl (C=O) groups is 3. The summed E-state index contributed by atoms with van der Waals surface area (Å²) in [6.45, 7) is 1.83. The maximum atomic E-state index is 11.2. The average Bonchev–Trinajstić information content (AvgIpc) is 2.34. The molecule has 9 nitrogen and oxygen atoms in total. The highest BCUT2D eigenvalue weighted by atomic mass is 16.7. The van der Waals surface area contributed by atoms with Gasteiger partial charge in [-0.25, -0.2) is 9.59 Å². The topological polar surface area (TPSA) is 145 Å². The van der Waals surface area contributed by atoms with E-state index in [1.807, 2.05) is 0 Å². The van der Waals surface area contributed by atoms with Crippen LogP contribution in [0.25, 0.3) is 0 Å². The Morgan fingerprint density at radius 2 is 1.80 bits per heavy atom. The smallest absolute Gasteiger partial charge is 0.338 e. The lowest BCUT2D eigenvalue weighted by Gasteiger charge is -2.37. The number of carboxylic acids is 3. The maximum Gasteiger partial charge on any atom is 0.338 e. The molecule has 114 valence electrons. The van der Waals surface area contributed by atoms with Gasteiger partial charge in [0.25, 0.3) is 0 Å². The molecule has 0 amide bonds. The number of hydrogen-bond acceptors (Lipinski definition) is 6. The number of aliphatic carboxylic acids is 3. The van der Waals surface area contributed by atoms with E-state index in [4.69, 9.17) is 20.2 Å². The standard InChI is InChI=1S/C11H17NO8/c1-5-3-2-4-12(6(5)9(14)15)20-8(11(18)19)7(13)10(16)17/h5-8,13H,2-4H2,1H3,(H,14,15)(H,16,17)(H,18,19). The fraction of sp³-hybridized carbons (Fsp3) is 0.727. The van der Waals surface area contributed by atoms with E-state index in [0.717, 1.165) is 5.06 Å². The molecule has 0 aliphatic carbocycles. The first-order valence-electron chi connectivity index (χ1n) is 6.05. The molecule has 0 saturated carbocycles. The minimum Gasteiger partial charge on any atom is -0.480 e. The summed E-state index contributed by atoms with van der Waals surface area (Å²) in [4.78, 5) is 37.7. The summed E-state index contributed by atoms with van der Waals surface area (Å²) in [6.07, 6.45) is -3.12. The van der Waals surface area contributed by atoms with Crippen LogP contribution in [0.1, 0.15) is 19.8 Å². The van der Waals surface area contributed by atoms with Crippen molar-refractivity contribution >= 4 is 17.9 Å². The predicted molar refractivity (Wildman–Crippen MR) is 62.7 cm³/mol. The molecule has 1 saturated heterocycles. The maximum absolute atomic E-state index is 11.2. The van der Waals surface area contributed by atoms with Gasteiger partial charge in [-0.3, -0.25) is 9.63 Å². The van der Waals surface area contributed by atoms with E-state index in [1.54, 1.807) is 6.92 Å². The van der Waals surface area contributed by atoms with Gasteiger partial charge in [-0.1, -0.05) is 6.92 Å². The molecule has 1 heterocycles. The number of piperidine rings is 1. The number of nitrogens with zero attached hydrogens (tertiary/aromatic N) is 1. The lowest BCUT2D eigenvalue weighted by atomic mass is 9.92. The summed E-state index contributed by atoms with van der Waals surface area (Å²) in [5, 5.41) is 36.9. The van der Waals surface area contributed by atoms with Crippen LogP contribution in [0.3, 0.4) is 0 Å². The number of carboxylic acid groups (broad SMARTS) is 3. The number of rotatable bonds is 6. The van der Waals surface area contributed by atoms with Crippen molar-refractivity contribution in [2.24, 2.45) is 5.92 Å². The van der Waals surface area contributed by atoms with Gasteiger partial charge in [0.15, 0.2) is 6.10 Å². The Morgan fingerprint density at radius 1 is 1.20 bits per heavy atom. The van der Waals surface area contributed by atoms with Crippen molar-refractivity contribution in [3.8, 4) is 0 Å². The Kier molecular flexibility index (Phi) is 5.43. The second-order valence-corrected chi connectivity index (χ2v) is 4.69. The Morgan fingerprint density at radius 3 is 2.25 bits per heavy atom. The highest BCUT2D eigenvalue weighted by Gasteiger charge is 2.41.